The monoisotopic (exact) mass is 518 g/mol. The molecular formula is C31H22N2O4S. The number of aromatic carboxylic acids is 1. The van der Waals surface area contributed by atoms with Gasteiger partial charge in [-0.3, -0.25) is 4.79 Å². The highest BCUT2D eigenvalue weighted by molar-refractivity contribution is 7.13. The number of carbonyl (C=O) groups excluding carboxylic acids is 1. The summed E-state index contributed by atoms with van der Waals surface area (Å²) in [4.78, 5) is 25.7. The third kappa shape index (κ3) is 4.67. The van der Waals surface area contributed by atoms with Crippen molar-refractivity contribution in [2.45, 2.75) is 13.0 Å². The zero-order valence-electron chi connectivity index (χ0n) is 20.2. The topological polar surface area (TPSA) is 92.4 Å². The lowest BCUT2D eigenvalue weighted by Gasteiger charge is -2.10. The molecule has 7 heteroatoms. The molecule has 6 nitrogen and oxygen atoms in total. The number of hydrogen-bond donors (Lipinski definition) is 2. The van der Waals surface area contributed by atoms with E-state index in [0.717, 1.165) is 32.3 Å². The van der Waals surface area contributed by atoms with Crippen molar-refractivity contribution in [1.29, 1.82) is 0 Å². The van der Waals surface area contributed by atoms with Gasteiger partial charge in [0.15, 0.2) is 0 Å². The van der Waals surface area contributed by atoms with Crippen LogP contribution in [0.3, 0.4) is 0 Å². The molecule has 2 heterocycles. The Morgan fingerprint density at radius 3 is 2.42 bits per heavy atom. The van der Waals surface area contributed by atoms with E-state index < -0.39 is 5.97 Å². The lowest BCUT2D eigenvalue weighted by Crippen LogP contribution is -2.23. The van der Waals surface area contributed by atoms with Crippen LogP contribution in [0, 0.1) is 0 Å². The zero-order chi connectivity index (χ0) is 26.1. The molecule has 6 aromatic rings. The molecule has 6 rings (SSSR count). The first-order valence-corrected chi connectivity index (χ1v) is 13.0. The number of rotatable bonds is 7. The first kappa shape index (κ1) is 23.6. The molecule has 0 bridgehead atoms. The predicted molar refractivity (Wildman–Crippen MR) is 149 cm³/mol. The molecule has 0 saturated heterocycles. The van der Waals surface area contributed by atoms with E-state index in [1.165, 1.54) is 12.1 Å². The van der Waals surface area contributed by atoms with E-state index in [9.17, 15) is 9.59 Å². The van der Waals surface area contributed by atoms with Crippen molar-refractivity contribution in [3.8, 4) is 10.4 Å². The van der Waals surface area contributed by atoms with Crippen molar-refractivity contribution < 1.29 is 19.2 Å². The van der Waals surface area contributed by atoms with Gasteiger partial charge >= 0.3 is 5.97 Å². The van der Waals surface area contributed by atoms with Crippen molar-refractivity contribution >= 4 is 44.9 Å². The summed E-state index contributed by atoms with van der Waals surface area (Å²) in [5, 5.41) is 21.4. The molecule has 0 unspecified atom stereocenters. The standard InChI is InChI=1S/C31H22N2O4S/c34-30(32-18-19-7-11-22(12-8-19)31(35)36)25-16-24(28-6-3-13-38-28)17-26-29(25)27(37-33-26)15-20-9-10-21-4-1-2-5-23(21)14-20/h1-14,16-17H,15,18H2,(H,32,34)(H,35,36). The Kier molecular flexibility index (Phi) is 6.19. The molecule has 0 aliphatic carbocycles. The van der Waals surface area contributed by atoms with Crippen LogP contribution in [-0.4, -0.2) is 22.1 Å². The molecule has 4 aromatic carbocycles. The average Bonchev–Trinajstić information content (AvgIpc) is 3.62. The van der Waals surface area contributed by atoms with Gasteiger partial charge in [-0.2, -0.15) is 0 Å². The molecule has 186 valence electrons. The summed E-state index contributed by atoms with van der Waals surface area (Å²) < 4.78 is 5.81. The second-order valence-electron chi connectivity index (χ2n) is 9.04. The van der Waals surface area contributed by atoms with E-state index in [0.29, 0.717) is 28.6 Å². The van der Waals surface area contributed by atoms with Gasteiger partial charge in [0.2, 0.25) is 0 Å². The number of hydrogen-bond acceptors (Lipinski definition) is 5. The minimum Gasteiger partial charge on any atom is -0.478 e. The van der Waals surface area contributed by atoms with Gasteiger partial charge in [0.05, 0.1) is 16.5 Å². The van der Waals surface area contributed by atoms with Crippen LogP contribution in [0.2, 0.25) is 0 Å². The normalized spacial score (nSPS) is 11.2. The summed E-state index contributed by atoms with van der Waals surface area (Å²) in [7, 11) is 0. The Morgan fingerprint density at radius 1 is 0.868 bits per heavy atom. The Hall–Kier alpha value is -4.75. The van der Waals surface area contributed by atoms with E-state index in [4.69, 9.17) is 9.63 Å². The number of thiophene rings is 1. The predicted octanol–water partition coefficient (Wildman–Crippen LogP) is 6.93. The third-order valence-electron chi connectivity index (χ3n) is 6.53. The molecule has 0 aliphatic rings. The van der Waals surface area contributed by atoms with Crippen LogP contribution in [0.5, 0.6) is 0 Å². The fraction of sp³-hybridized carbons (Fsp3) is 0.0645. The molecule has 2 N–H and O–H groups in total. The summed E-state index contributed by atoms with van der Waals surface area (Å²) in [5.74, 6) is -0.609. The van der Waals surface area contributed by atoms with E-state index >= 15 is 0 Å². The number of amides is 1. The van der Waals surface area contributed by atoms with Gasteiger partial charge in [0.1, 0.15) is 11.3 Å². The number of carbonyl (C=O) groups is 2. The molecule has 0 fully saturated rings. The van der Waals surface area contributed by atoms with E-state index in [1.807, 2.05) is 41.8 Å². The number of nitrogens with zero attached hydrogens (tertiary/aromatic N) is 1. The Balaban J connectivity index is 1.35. The summed E-state index contributed by atoms with van der Waals surface area (Å²) in [6, 6.07) is 28.7. The number of carboxylic acid groups (broad SMARTS) is 1. The Bertz CT molecular complexity index is 1790. The van der Waals surface area contributed by atoms with Crippen LogP contribution in [0.25, 0.3) is 32.1 Å². The van der Waals surface area contributed by atoms with Gasteiger partial charge in [-0.05, 0) is 63.2 Å². The molecule has 0 saturated carbocycles. The number of aromatic nitrogens is 1. The SMILES string of the molecule is O=C(O)c1ccc(CNC(=O)c2cc(-c3cccs3)cc3noc(Cc4ccc5ccccc5c4)c23)cc1. The van der Waals surface area contributed by atoms with Gasteiger partial charge in [-0.15, -0.1) is 11.3 Å². The molecule has 0 spiro atoms. The number of carboxylic acids is 1. The molecule has 0 aliphatic heterocycles. The molecule has 38 heavy (non-hydrogen) atoms. The van der Waals surface area contributed by atoms with Gasteiger partial charge < -0.3 is 14.9 Å². The van der Waals surface area contributed by atoms with Crippen LogP contribution in [-0.2, 0) is 13.0 Å². The highest BCUT2D eigenvalue weighted by Gasteiger charge is 2.20. The lowest BCUT2D eigenvalue weighted by molar-refractivity contribution is 0.0696. The molecular weight excluding hydrogens is 496 g/mol. The third-order valence-corrected chi connectivity index (χ3v) is 7.45. The van der Waals surface area contributed by atoms with E-state index in [-0.39, 0.29) is 18.0 Å². The maximum Gasteiger partial charge on any atom is 0.335 e. The fourth-order valence-corrected chi connectivity index (χ4v) is 5.32. The van der Waals surface area contributed by atoms with Gasteiger partial charge in [0, 0.05) is 17.8 Å². The molecule has 2 aromatic heterocycles. The van der Waals surface area contributed by atoms with Crippen molar-refractivity contribution in [3.63, 3.8) is 0 Å². The van der Waals surface area contributed by atoms with Crippen molar-refractivity contribution in [2.75, 3.05) is 0 Å². The van der Waals surface area contributed by atoms with Gasteiger partial charge in [0.25, 0.3) is 5.91 Å². The van der Waals surface area contributed by atoms with Crippen LogP contribution in [0.15, 0.2) is 101 Å². The minimum absolute atomic E-state index is 0.202. The summed E-state index contributed by atoms with van der Waals surface area (Å²) in [5.41, 5.74) is 4.08. The van der Waals surface area contributed by atoms with Crippen LogP contribution < -0.4 is 5.32 Å². The Morgan fingerprint density at radius 2 is 1.66 bits per heavy atom. The van der Waals surface area contributed by atoms with E-state index in [2.05, 4.69) is 40.8 Å². The highest BCUT2D eigenvalue weighted by atomic mass is 32.1. The first-order chi connectivity index (χ1) is 18.5. The Labute approximate surface area is 222 Å². The van der Waals surface area contributed by atoms with Crippen LogP contribution >= 0.6 is 11.3 Å². The summed E-state index contributed by atoms with van der Waals surface area (Å²) in [6.07, 6.45) is 0.497. The minimum atomic E-state index is -0.986. The maximum atomic E-state index is 13.5. The number of fused-ring (bicyclic) bond motifs is 2. The summed E-state index contributed by atoms with van der Waals surface area (Å²) >= 11 is 1.59. The van der Waals surface area contributed by atoms with Crippen LogP contribution in [0.4, 0.5) is 0 Å². The molecule has 0 radical (unpaired) electrons. The van der Waals surface area contributed by atoms with Crippen molar-refractivity contribution in [1.82, 2.24) is 10.5 Å². The number of benzene rings is 4. The van der Waals surface area contributed by atoms with Gasteiger partial charge in [-0.25, -0.2) is 4.79 Å². The number of nitrogens with one attached hydrogen (secondary N) is 1. The van der Waals surface area contributed by atoms with Crippen molar-refractivity contribution in [3.05, 3.63) is 124 Å². The first-order valence-electron chi connectivity index (χ1n) is 12.1. The molecule has 0 atom stereocenters. The summed E-state index contributed by atoms with van der Waals surface area (Å²) in [6.45, 7) is 0.259. The second-order valence-corrected chi connectivity index (χ2v) is 9.99. The fourth-order valence-electron chi connectivity index (χ4n) is 4.60. The second kappa shape index (κ2) is 9.95. The van der Waals surface area contributed by atoms with E-state index in [1.54, 1.807) is 23.5 Å². The maximum absolute atomic E-state index is 13.5. The zero-order valence-corrected chi connectivity index (χ0v) is 21.0. The largest absolute Gasteiger partial charge is 0.478 e. The smallest absolute Gasteiger partial charge is 0.335 e. The quantitative estimate of drug-likeness (QED) is 0.239. The highest BCUT2D eigenvalue weighted by Crippen LogP contribution is 2.33. The molecule has 1 amide bonds. The lowest BCUT2D eigenvalue weighted by atomic mass is 9.98. The van der Waals surface area contributed by atoms with Crippen LogP contribution in [0.1, 0.15) is 37.6 Å². The average molecular weight is 519 g/mol. The van der Waals surface area contributed by atoms with Gasteiger partial charge in [-0.1, -0.05) is 65.8 Å². The van der Waals surface area contributed by atoms with Crippen molar-refractivity contribution in [2.24, 2.45) is 0 Å².